The maximum Gasteiger partial charge on any atom is 0.326 e. The van der Waals surface area contributed by atoms with Crippen molar-refractivity contribution in [3.8, 4) is 0 Å². The smallest absolute Gasteiger partial charge is 0.326 e. The van der Waals surface area contributed by atoms with Crippen molar-refractivity contribution in [3.63, 3.8) is 0 Å². The molecular weight excluding hydrogens is 244 g/mol. The zero-order chi connectivity index (χ0) is 13.6. The molecule has 0 amide bonds. The Hall–Kier alpha value is -2.08. The van der Waals surface area contributed by atoms with Gasteiger partial charge in [-0.15, -0.1) is 0 Å². The standard InChI is InChI=1S/C13H16N4O2/c1-7(2)10(6-18)17-11-8-3-4-14-12(8)15-5-9(11)16-13(17)19/h3-5,7,10,18H,6H2,1-2H3,(H,14,15)(H,16,19)/t10-/m0/s1. The number of nitrogens with zero attached hydrogens (tertiary/aromatic N) is 2. The third-order valence-corrected chi connectivity index (χ3v) is 3.55. The Morgan fingerprint density at radius 3 is 2.95 bits per heavy atom. The van der Waals surface area contributed by atoms with Crippen molar-refractivity contribution < 1.29 is 5.11 Å². The molecule has 3 aromatic heterocycles. The molecule has 19 heavy (non-hydrogen) atoms. The van der Waals surface area contributed by atoms with Crippen molar-refractivity contribution in [1.82, 2.24) is 19.5 Å². The molecule has 3 aromatic rings. The molecular formula is C13H16N4O2. The fourth-order valence-electron chi connectivity index (χ4n) is 2.53. The van der Waals surface area contributed by atoms with E-state index in [1.807, 2.05) is 19.9 Å². The number of pyridine rings is 1. The molecule has 1 atom stereocenters. The highest BCUT2D eigenvalue weighted by Crippen LogP contribution is 2.25. The number of aliphatic hydroxyl groups is 1. The molecule has 3 N–H and O–H groups in total. The van der Waals surface area contributed by atoms with Gasteiger partial charge in [-0.25, -0.2) is 9.78 Å². The minimum absolute atomic E-state index is 0.0707. The van der Waals surface area contributed by atoms with Crippen LogP contribution in [0.4, 0.5) is 0 Å². The Bertz CT molecular complexity index is 781. The first-order chi connectivity index (χ1) is 9.13. The predicted octanol–water partition coefficient (Wildman–Crippen LogP) is 1.40. The average Bonchev–Trinajstić information content (AvgIpc) is 2.94. The molecule has 0 aliphatic carbocycles. The summed E-state index contributed by atoms with van der Waals surface area (Å²) >= 11 is 0. The molecule has 6 nitrogen and oxygen atoms in total. The molecule has 0 radical (unpaired) electrons. The Balaban J connectivity index is 2.42. The number of imidazole rings is 1. The van der Waals surface area contributed by atoms with E-state index in [2.05, 4.69) is 15.0 Å². The molecule has 0 unspecified atom stereocenters. The van der Waals surface area contributed by atoms with Gasteiger partial charge in [0.05, 0.1) is 29.9 Å². The summed E-state index contributed by atoms with van der Waals surface area (Å²) < 4.78 is 1.64. The second-order valence-corrected chi connectivity index (χ2v) is 5.05. The molecule has 0 fully saturated rings. The Labute approximate surface area is 109 Å². The van der Waals surface area contributed by atoms with E-state index in [1.165, 1.54) is 0 Å². The minimum Gasteiger partial charge on any atom is -0.394 e. The number of hydrogen-bond acceptors (Lipinski definition) is 3. The van der Waals surface area contributed by atoms with Gasteiger partial charge < -0.3 is 15.1 Å². The van der Waals surface area contributed by atoms with E-state index >= 15 is 0 Å². The van der Waals surface area contributed by atoms with Gasteiger partial charge in [0.1, 0.15) is 5.65 Å². The van der Waals surface area contributed by atoms with E-state index in [-0.39, 0.29) is 24.3 Å². The molecule has 0 bridgehead atoms. The lowest BCUT2D eigenvalue weighted by Gasteiger charge is -2.20. The maximum atomic E-state index is 12.2. The van der Waals surface area contributed by atoms with Crippen molar-refractivity contribution in [1.29, 1.82) is 0 Å². The summed E-state index contributed by atoms with van der Waals surface area (Å²) in [5.74, 6) is 0.156. The van der Waals surface area contributed by atoms with Crippen molar-refractivity contribution in [3.05, 3.63) is 28.9 Å². The SMILES string of the molecule is CC(C)[C@H](CO)n1c(=O)[nH]c2cnc3[nH]ccc3c21. The van der Waals surface area contributed by atoms with Gasteiger partial charge in [0, 0.05) is 11.6 Å². The number of aromatic nitrogens is 4. The van der Waals surface area contributed by atoms with Crippen LogP contribution in [0.1, 0.15) is 19.9 Å². The highest BCUT2D eigenvalue weighted by Gasteiger charge is 2.21. The van der Waals surface area contributed by atoms with Crippen LogP contribution in [0.15, 0.2) is 23.3 Å². The molecule has 0 spiro atoms. The summed E-state index contributed by atoms with van der Waals surface area (Å²) in [6, 6.07) is 1.64. The van der Waals surface area contributed by atoms with E-state index in [1.54, 1.807) is 17.0 Å². The first-order valence-electron chi connectivity index (χ1n) is 6.30. The molecule has 3 rings (SSSR count). The molecule has 0 saturated heterocycles. The van der Waals surface area contributed by atoms with Crippen LogP contribution in [-0.2, 0) is 0 Å². The van der Waals surface area contributed by atoms with Gasteiger partial charge in [-0.05, 0) is 12.0 Å². The number of nitrogens with one attached hydrogen (secondary N) is 2. The van der Waals surface area contributed by atoms with Gasteiger partial charge in [-0.2, -0.15) is 0 Å². The summed E-state index contributed by atoms with van der Waals surface area (Å²) in [4.78, 5) is 22.2. The molecule has 0 saturated carbocycles. The number of fused-ring (bicyclic) bond motifs is 3. The molecule has 0 aliphatic heterocycles. The Morgan fingerprint density at radius 2 is 2.26 bits per heavy atom. The summed E-state index contributed by atoms with van der Waals surface area (Å²) in [6.07, 6.45) is 3.43. The van der Waals surface area contributed by atoms with E-state index < -0.39 is 0 Å². The van der Waals surface area contributed by atoms with Crippen LogP contribution in [-0.4, -0.2) is 31.2 Å². The Kier molecular flexibility index (Phi) is 2.67. The van der Waals surface area contributed by atoms with Gasteiger partial charge in [0.2, 0.25) is 0 Å². The number of hydrogen-bond donors (Lipinski definition) is 3. The normalized spacial score (nSPS) is 13.7. The maximum absolute atomic E-state index is 12.2. The highest BCUT2D eigenvalue weighted by molar-refractivity contribution is 6.00. The predicted molar refractivity (Wildman–Crippen MR) is 73.2 cm³/mol. The third-order valence-electron chi connectivity index (χ3n) is 3.55. The van der Waals surface area contributed by atoms with E-state index in [4.69, 9.17) is 0 Å². The van der Waals surface area contributed by atoms with Gasteiger partial charge in [0.15, 0.2) is 0 Å². The number of aromatic amines is 2. The molecule has 6 heteroatoms. The van der Waals surface area contributed by atoms with E-state index in [0.717, 1.165) is 16.6 Å². The lowest BCUT2D eigenvalue weighted by atomic mass is 10.0. The second-order valence-electron chi connectivity index (χ2n) is 5.05. The molecule has 0 aromatic carbocycles. The second kappa shape index (κ2) is 4.24. The van der Waals surface area contributed by atoms with Crippen LogP contribution >= 0.6 is 0 Å². The average molecular weight is 260 g/mol. The van der Waals surface area contributed by atoms with Gasteiger partial charge in [0.25, 0.3) is 0 Å². The van der Waals surface area contributed by atoms with Crippen LogP contribution in [0.25, 0.3) is 22.1 Å². The lowest BCUT2D eigenvalue weighted by Crippen LogP contribution is -2.28. The van der Waals surface area contributed by atoms with Gasteiger partial charge in [-0.3, -0.25) is 4.57 Å². The van der Waals surface area contributed by atoms with Gasteiger partial charge in [-0.1, -0.05) is 13.8 Å². The first-order valence-corrected chi connectivity index (χ1v) is 6.30. The van der Waals surface area contributed by atoms with E-state index in [9.17, 15) is 9.90 Å². The van der Waals surface area contributed by atoms with Gasteiger partial charge >= 0.3 is 5.69 Å². The molecule has 100 valence electrons. The van der Waals surface area contributed by atoms with Crippen LogP contribution in [0, 0.1) is 5.92 Å². The highest BCUT2D eigenvalue weighted by atomic mass is 16.3. The number of H-pyrrole nitrogens is 2. The minimum atomic E-state index is -0.248. The summed E-state index contributed by atoms with van der Waals surface area (Å²) in [5, 5.41) is 10.5. The summed E-state index contributed by atoms with van der Waals surface area (Å²) in [6.45, 7) is 3.90. The largest absolute Gasteiger partial charge is 0.394 e. The lowest BCUT2D eigenvalue weighted by molar-refractivity contribution is 0.193. The zero-order valence-electron chi connectivity index (χ0n) is 10.8. The van der Waals surface area contributed by atoms with Crippen LogP contribution in [0.3, 0.4) is 0 Å². The third kappa shape index (κ3) is 1.67. The van der Waals surface area contributed by atoms with Crippen LogP contribution < -0.4 is 5.69 Å². The zero-order valence-corrected chi connectivity index (χ0v) is 10.8. The monoisotopic (exact) mass is 260 g/mol. The van der Waals surface area contributed by atoms with Crippen LogP contribution in [0.5, 0.6) is 0 Å². The number of aliphatic hydroxyl groups excluding tert-OH is 1. The van der Waals surface area contributed by atoms with Crippen molar-refractivity contribution >= 4 is 22.1 Å². The Morgan fingerprint density at radius 1 is 1.47 bits per heavy atom. The molecule has 0 aliphatic rings. The first kappa shape index (κ1) is 12.0. The van der Waals surface area contributed by atoms with Crippen molar-refractivity contribution in [2.24, 2.45) is 5.92 Å². The fraction of sp³-hybridized carbons (Fsp3) is 0.385. The van der Waals surface area contributed by atoms with Crippen LogP contribution in [0.2, 0.25) is 0 Å². The quantitative estimate of drug-likeness (QED) is 0.665. The van der Waals surface area contributed by atoms with Crippen molar-refractivity contribution in [2.45, 2.75) is 19.9 Å². The topological polar surface area (TPSA) is 86.7 Å². The summed E-state index contributed by atoms with van der Waals surface area (Å²) in [7, 11) is 0. The fourth-order valence-corrected chi connectivity index (χ4v) is 2.53. The van der Waals surface area contributed by atoms with Crippen molar-refractivity contribution in [2.75, 3.05) is 6.61 Å². The van der Waals surface area contributed by atoms with E-state index in [0.29, 0.717) is 5.52 Å². The summed E-state index contributed by atoms with van der Waals surface area (Å²) in [5.41, 5.74) is 2.01. The number of rotatable bonds is 3. The molecule has 3 heterocycles.